The van der Waals surface area contributed by atoms with Crippen LogP contribution in [0, 0.1) is 0 Å². The molecule has 3 heteroatoms. The predicted molar refractivity (Wildman–Crippen MR) is 116 cm³/mol. The third-order valence-corrected chi connectivity index (χ3v) is 5.68. The Morgan fingerprint density at radius 3 is 2.52 bits per heavy atom. The van der Waals surface area contributed by atoms with Crippen LogP contribution in [0.1, 0.15) is 45.6 Å². The van der Waals surface area contributed by atoms with Gasteiger partial charge >= 0.3 is 5.97 Å². The van der Waals surface area contributed by atoms with Gasteiger partial charge in [-0.2, -0.15) is 0 Å². The summed E-state index contributed by atoms with van der Waals surface area (Å²) < 4.78 is 5.30. The van der Waals surface area contributed by atoms with E-state index in [9.17, 15) is 4.79 Å². The van der Waals surface area contributed by atoms with Gasteiger partial charge in [0.25, 0.3) is 0 Å². The van der Waals surface area contributed by atoms with Crippen LogP contribution in [-0.2, 0) is 24.1 Å². The highest BCUT2D eigenvalue weighted by Gasteiger charge is 2.28. The van der Waals surface area contributed by atoms with Crippen LogP contribution in [0.4, 0.5) is 0 Å². The zero-order chi connectivity index (χ0) is 20.1. The average Bonchev–Trinajstić information content (AvgIpc) is 2.76. The zero-order valence-electron chi connectivity index (χ0n) is 16.9. The minimum atomic E-state index is -0.234. The van der Waals surface area contributed by atoms with Gasteiger partial charge in [0, 0.05) is 19.1 Å². The predicted octanol–water partition coefficient (Wildman–Crippen LogP) is 5.21. The van der Waals surface area contributed by atoms with Crippen LogP contribution < -0.4 is 0 Å². The summed E-state index contributed by atoms with van der Waals surface area (Å²) in [5.41, 5.74) is 5.82. The molecule has 148 valence electrons. The van der Waals surface area contributed by atoms with Crippen molar-refractivity contribution in [2.75, 3.05) is 13.2 Å². The van der Waals surface area contributed by atoms with Gasteiger partial charge < -0.3 is 4.74 Å². The summed E-state index contributed by atoms with van der Waals surface area (Å²) in [4.78, 5) is 15.0. The molecule has 29 heavy (non-hydrogen) atoms. The first-order valence-corrected chi connectivity index (χ1v) is 10.4. The summed E-state index contributed by atoms with van der Waals surface area (Å²) in [5, 5.41) is 0. The summed E-state index contributed by atoms with van der Waals surface area (Å²) in [6, 6.07) is 27.4. The van der Waals surface area contributed by atoms with Crippen LogP contribution in [0.3, 0.4) is 0 Å². The molecule has 4 rings (SSSR count). The molecule has 0 aromatic heterocycles. The quantitative estimate of drug-likeness (QED) is 0.546. The monoisotopic (exact) mass is 385 g/mol. The second kappa shape index (κ2) is 9.06. The van der Waals surface area contributed by atoms with Gasteiger partial charge in [-0.1, -0.05) is 72.8 Å². The number of rotatable bonds is 6. The van der Waals surface area contributed by atoms with Crippen molar-refractivity contribution >= 4 is 5.97 Å². The molecular weight excluding hydrogens is 358 g/mol. The number of fused-ring (bicyclic) bond motifs is 1. The van der Waals surface area contributed by atoms with E-state index in [1.165, 1.54) is 16.7 Å². The van der Waals surface area contributed by atoms with Crippen LogP contribution in [0.15, 0.2) is 78.9 Å². The molecule has 0 saturated carbocycles. The molecule has 3 aromatic carbocycles. The number of carbonyl (C=O) groups is 1. The molecule has 0 aliphatic carbocycles. The fraction of sp³-hybridized carbons (Fsp3) is 0.269. The van der Waals surface area contributed by atoms with Crippen LogP contribution in [0.2, 0.25) is 0 Å². The molecule has 0 amide bonds. The fourth-order valence-electron chi connectivity index (χ4n) is 4.26. The number of ether oxygens (including phenoxy) is 1. The maximum absolute atomic E-state index is 12.5. The van der Waals surface area contributed by atoms with Gasteiger partial charge in [0.05, 0.1) is 12.2 Å². The lowest BCUT2D eigenvalue weighted by Crippen LogP contribution is -2.36. The lowest BCUT2D eigenvalue weighted by molar-refractivity contribution is 0.0524. The lowest BCUT2D eigenvalue weighted by atomic mass is 9.87. The maximum atomic E-state index is 12.5. The van der Waals surface area contributed by atoms with Gasteiger partial charge in [0.2, 0.25) is 0 Å². The van der Waals surface area contributed by atoms with Crippen molar-refractivity contribution in [1.82, 2.24) is 4.90 Å². The number of benzene rings is 3. The number of hydrogen-bond donors (Lipinski definition) is 0. The molecule has 0 saturated heterocycles. The largest absolute Gasteiger partial charge is 0.462 e. The molecule has 0 N–H and O–H groups in total. The Morgan fingerprint density at radius 2 is 1.69 bits per heavy atom. The topological polar surface area (TPSA) is 29.5 Å². The van der Waals surface area contributed by atoms with E-state index in [1.807, 2.05) is 25.1 Å². The first-order chi connectivity index (χ1) is 14.3. The molecule has 1 aliphatic heterocycles. The van der Waals surface area contributed by atoms with Crippen molar-refractivity contribution < 1.29 is 9.53 Å². The summed E-state index contributed by atoms with van der Waals surface area (Å²) in [7, 11) is 0. The third-order valence-electron chi connectivity index (χ3n) is 5.68. The van der Waals surface area contributed by atoms with Crippen molar-refractivity contribution in [2.45, 2.75) is 32.4 Å². The molecule has 1 unspecified atom stereocenters. The van der Waals surface area contributed by atoms with Gasteiger partial charge in [-0.25, -0.2) is 4.79 Å². The van der Waals surface area contributed by atoms with Crippen LogP contribution in [-0.4, -0.2) is 24.0 Å². The minimum Gasteiger partial charge on any atom is -0.462 e. The van der Waals surface area contributed by atoms with Gasteiger partial charge in [0.15, 0.2) is 0 Å². The normalized spacial score (nSPS) is 16.2. The first kappa shape index (κ1) is 19.4. The Balaban J connectivity index is 1.67. The van der Waals surface area contributed by atoms with Gasteiger partial charge in [-0.05, 0) is 48.1 Å². The summed E-state index contributed by atoms with van der Waals surface area (Å²) in [5.74, 6) is -0.234. The Bertz CT molecular complexity index is 967. The Labute approximate surface area is 172 Å². The molecule has 1 aliphatic rings. The van der Waals surface area contributed by atoms with E-state index in [0.717, 1.165) is 31.5 Å². The van der Waals surface area contributed by atoms with E-state index in [1.54, 1.807) is 0 Å². The lowest BCUT2D eigenvalue weighted by Gasteiger charge is -2.38. The summed E-state index contributed by atoms with van der Waals surface area (Å²) in [6.07, 6.45) is 1.85. The van der Waals surface area contributed by atoms with E-state index in [2.05, 4.69) is 65.6 Å². The Kier molecular flexibility index (Phi) is 6.06. The van der Waals surface area contributed by atoms with Crippen LogP contribution in [0.5, 0.6) is 0 Å². The van der Waals surface area contributed by atoms with Crippen LogP contribution in [0.25, 0.3) is 0 Å². The molecular formula is C26H27NO2. The van der Waals surface area contributed by atoms with E-state index in [-0.39, 0.29) is 12.0 Å². The highest BCUT2D eigenvalue weighted by molar-refractivity contribution is 5.91. The summed E-state index contributed by atoms with van der Waals surface area (Å²) >= 11 is 0. The molecule has 0 radical (unpaired) electrons. The Hall–Kier alpha value is -2.91. The second-order valence-electron chi connectivity index (χ2n) is 7.50. The van der Waals surface area contributed by atoms with Crippen molar-refractivity contribution in [3.05, 3.63) is 107 Å². The highest BCUT2D eigenvalue weighted by atomic mass is 16.5. The average molecular weight is 386 g/mol. The molecule has 3 aromatic rings. The van der Waals surface area contributed by atoms with Crippen molar-refractivity contribution in [1.29, 1.82) is 0 Å². The standard InChI is InChI=1S/C26H27NO2/c1-2-29-26(28)24-15-9-7-13-22(24)18-25-23-14-8-6-12-21(23)16-17-27(25)19-20-10-4-3-5-11-20/h3-15,25H,2,16-19H2,1H3. The number of hydrogen-bond acceptors (Lipinski definition) is 3. The molecule has 1 heterocycles. The van der Waals surface area contributed by atoms with E-state index in [4.69, 9.17) is 4.74 Å². The van der Waals surface area contributed by atoms with Gasteiger partial charge in [0.1, 0.15) is 0 Å². The van der Waals surface area contributed by atoms with Gasteiger partial charge in [-0.3, -0.25) is 4.90 Å². The van der Waals surface area contributed by atoms with Gasteiger partial charge in [-0.15, -0.1) is 0 Å². The Morgan fingerprint density at radius 1 is 0.966 bits per heavy atom. The van der Waals surface area contributed by atoms with Crippen LogP contribution >= 0.6 is 0 Å². The molecule has 1 atom stereocenters. The van der Waals surface area contributed by atoms with Crippen molar-refractivity contribution in [3.63, 3.8) is 0 Å². The maximum Gasteiger partial charge on any atom is 0.338 e. The minimum absolute atomic E-state index is 0.232. The third kappa shape index (κ3) is 4.41. The molecule has 0 fully saturated rings. The SMILES string of the molecule is CCOC(=O)c1ccccc1CC1c2ccccc2CCN1Cc1ccccc1. The number of carbonyl (C=O) groups excluding carboxylic acids is 1. The van der Waals surface area contributed by atoms with E-state index in [0.29, 0.717) is 12.2 Å². The number of nitrogens with zero attached hydrogens (tertiary/aromatic N) is 1. The fourth-order valence-corrected chi connectivity index (χ4v) is 4.26. The molecule has 0 spiro atoms. The molecule has 3 nitrogen and oxygen atoms in total. The van der Waals surface area contributed by atoms with E-state index >= 15 is 0 Å². The van der Waals surface area contributed by atoms with E-state index < -0.39 is 0 Å². The molecule has 0 bridgehead atoms. The smallest absolute Gasteiger partial charge is 0.338 e. The number of esters is 1. The highest BCUT2D eigenvalue weighted by Crippen LogP contribution is 2.34. The first-order valence-electron chi connectivity index (χ1n) is 10.4. The second-order valence-corrected chi connectivity index (χ2v) is 7.50. The van der Waals surface area contributed by atoms with Crippen molar-refractivity contribution in [2.24, 2.45) is 0 Å². The zero-order valence-corrected chi connectivity index (χ0v) is 16.9. The van der Waals surface area contributed by atoms with Crippen molar-refractivity contribution in [3.8, 4) is 0 Å². The summed E-state index contributed by atoms with van der Waals surface area (Å²) in [6.45, 7) is 4.15.